The monoisotopic (exact) mass is 841 g/mol. The first kappa shape index (κ1) is 42.0. The number of ether oxygens (including phenoxy) is 3. The molecule has 12 heteroatoms. The molecule has 6 rings (SSSR count). The lowest BCUT2D eigenvalue weighted by Gasteiger charge is -2.39. The van der Waals surface area contributed by atoms with Crippen LogP contribution in [0.3, 0.4) is 0 Å². The third-order valence-corrected chi connectivity index (χ3v) is 12.2. The van der Waals surface area contributed by atoms with Crippen molar-refractivity contribution >= 4 is 45.3 Å². The van der Waals surface area contributed by atoms with Crippen LogP contribution in [0.5, 0.6) is 0 Å². The molecule has 3 aromatic rings. The normalized spacial score (nSPS) is 25.0. The standard InChI is InChI=1S/C45H52BrN3O8/c1-6-8-19-36(51)47-34(27-55-5)39(31-17-13-10-14-18-31)56-44(54)37-38-42(52)49(32(26-50)24-30-15-11-9-12-16-30)41(45(38)25-33(46)40(37)57-45)43(53)48(22-7-2)35-23-28(3)20-21-29(35)4/h6-7,9-18,20-21,23,32-34,37-41,50H,1-2,8,19,22,24-27H2,3-5H3,(H,47,51)/t32-,33?,34-,37-,38+,39-,40-,41-,45+/m1/s1. The molecular weight excluding hydrogens is 790 g/mol. The number of likely N-dealkylation sites (tertiary alicyclic amines) is 1. The van der Waals surface area contributed by atoms with Crippen LogP contribution >= 0.6 is 15.9 Å². The number of anilines is 1. The summed E-state index contributed by atoms with van der Waals surface area (Å²) in [7, 11) is 1.50. The summed E-state index contributed by atoms with van der Waals surface area (Å²) in [5.74, 6) is -4.05. The number of aliphatic hydroxyl groups is 1. The Morgan fingerprint density at radius 2 is 1.77 bits per heavy atom. The Morgan fingerprint density at radius 3 is 2.42 bits per heavy atom. The van der Waals surface area contributed by atoms with Crippen LogP contribution in [0.15, 0.2) is 104 Å². The zero-order chi connectivity index (χ0) is 40.9. The Labute approximate surface area is 343 Å². The van der Waals surface area contributed by atoms with Gasteiger partial charge in [0, 0.05) is 30.6 Å². The van der Waals surface area contributed by atoms with Crippen molar-refractivity contribution in [2.75, 3.05) is 31.8 Å². The minimum absolute atomic E-state index is 0.0319. The van der Waals surface area contributed by atoms with Crippen LogP contribution in [0.4, 0.5) is 5.69 Å². The van der Waals surface area contributed by atoms with Crippen molar-refractivity contribution in [2.45, 2.75) is 80.3 Å². The van der Waals surface area contributed by atoms with Crippen molar-refractivity contribution < 1.29 is 38.5 Å². The van der Waals surface area contributed by atoms with Crippen LogP contribution in [-0.2, 0) is 39.8 Å². The summed E-state index contributed by atoms with van der Waals surface area (Å²) < 4.78 is 18.8. The summed E-state index contributed by atoms with van der Waals surface area (Å²) in [6.45, 7) is 11.3. The summed E-state index contributed by atoms with van der Waals surface area (Å²) in [5, 5.41) is 14.0. The number of esters is 1. The molecule has 0 saturated carbocycles. The van der Waals surface area contributed by atoms with E-state index in [1.165, 1.54) is 12.0 Å². The van der Waals surface area contributed by atoms with Gasteiger partial charge in [0.15, 0.2) is 0 Å². The van der Waals surface area contributed by atoms with Gasteiger partial charge >= 0.3 is 5.97 Å². The second-order valence-corrected chi connectivity index (χ2v) is 16.4. The van der Waals surface area contributed by atoms with Gasteiger partial charge in [-0.1, -0.05) is 101 Å². The Morgan fingerprint density at radius 1 is 1.07 bits per heavy atom. The number of aliphatic hydroxyl groups excluding tert-OH is 1. The molecule has 3 amide bonds. The zero-order valence-electron chi connectivity index (χ0n) is 32.7. The maximum Gasteiger partial charge on any atom is 0.313 e. The predicted octanol–water partition coefficient (Wildman–Crippen LogP) is 5.56. The number of benzene rings is 3. The molecule has 1 unspecified atom stereocenters. The number of fused-ring (bicyclic) bond motifs is 1. The van der Waals surface area contributed by atoms with Gasteiger partial charge in [-0.25, -0.2) is 0 Å². The van der Waals surface area contributed by atoms with Crippen LogP contribution in [0.1, 0.15) is 47.6 Å². The van der Waals surface area contributed by atoms with E-state index in [4.69, 9.17) is 14.2 Å². The topological polar surface area (TPSA) is 135 Å². The fraction of sp³-hybridized carbons (Fsp3) is 0.422. The number of rotatable bonds is 18. The highest BCUT2D eigenvalue weighted by molar-refractivity contribution is 9.09. The molecule has 0 aromatic heterocycles. The fourth-order valence-electron chi connectivity index (χ4n) is 8.87. The molecule has 3 saturated heterocycles. The van der Waals surface area contributed by atoms with Crippen LogP contribution in [0.25, 0.3) is 0 Å². The summed E-state index contributed by atoms with van der Waals surface area (Å²) in [5.41, 5.74) is 2.52. The van der Waals surface area contributed by atoms with E-state index < -0.39 is 77.0 Å². The second kappa shape index (κ2) is 18.3. The SMILES string of the molecule is C=CCCC(=O)N[C@H](COC)[C@H](OC(=O)[C@H]1[C@@H]2O[C@@]3(CC2Br)[C@@H]1C(=O)N([C@@H](CO)Cc1ccccc1)[C@@H]3C(=O)N(CC=C)c1cc(C)ccc1C)c1ccccc1. The first-order valence-electron chi connectivity index (χ1n) is 19.4. The molecule has 0 aliphatic carbocycles. The van der Waals surface area contributed by atoms with Crippen molar-refractivity contribution in [3.05, 3.63) is 126 Å². The first-order chi connectivity index (χ1) is 27.5. The van der Waals surface area contributed by atoms with E-state index in [0.29, 0.717) is 17.7 Å². The van der Waals surface area contributed by atoms with E-state index in [1.54, 1.807) is 29.2 Å². The van der Waals surface area contributed by atoms with Gasteiger partial charge in [0.05, 0.1) is 43.2 Å². The van der Waals surface area contributed by atoms with Crippen molar-refractivity contribution in [1.29, 1.82) is 0 Å². The number of nitrogens with zero attached hydrogens (tertiary/aromatic N) is 2. The van der Waals surface area contributed by atoms with Crippen LogP contribution in [0.2, 0.25) is 0 Å². The number of halogens is 1. The molecule has 3 aliphatic heterocycles. The van der Waals surface area contributed by atoms with Crippen molar-refractivity contribution in [3.63, 3.8) is 0 Å². The average Bonchev–Trinajstić information content (AvgIpc) is 3.81. The summed E-state index contributed by atoms with van der Waals surface area (Å²) >= 11 is 3.78. The predicted molar refractivity (Wildman–Crippen MR) is 221 cm³/mol. The lowest BCUT2D eigenvalue weighted by molar-refractivity contribution is -0.163. The molecule has 302 valence electrons. The number of carbonyl (C=O) groups is 4. The summed E-state index contributed by atoms with van der Waals surface area (Å²) in [6.07, 6.45) is 2.67. The first-order valence-corrected chi connectivity index (χ1v) is 20.3. The molecule has 9 atom stereocenters. The molecule has 0 radical (unpaired) electrons. The number of aryl methyl sites for hydroxylation is 2. The van der Waals surface area contributed by atoms with Gasteiger partial charge in [0.2, 0.25) is 11.8 Å². The second-order valence-electron chi connectivity index (χ2n) is 15.2. The molecule has 2 N–H and O–H groups in total. The Hall–Kier alpha value is -4.62. The number of nitrogens with one attached hydrogen (secondary N) is 1. The van der Waals surface area contributed by atoms with Gasteiger partial charge in [0.25, 0.3) is 5.91 Å². The number of alkyl halides is 1. The van der Waals surface area contributed by atoms with Gasteiger partial charge in [-0.05, 0) is 61.4 Å². The molecular formula is C45H52BrN3O8. The van der Waals surface area contributed by atoms with Crippen molar-refractivity contribution in [1.82, 2.24) is 10.2 Å². The van der Waals surface area contributed by atoms with Crippen LogP contribution in [0, 0.1) is 25.7 Å². The summed E-state index contributed by atoms with van der Waals surface area (Å²) in [4.78, 5) is 61.1. The highest BCUT2D eigenvalue weighted by Gasteiger charge is 2.77. The molecule has 2 bridgehead atoms. The van der Waals surface area contributed by atoms with E-state index in [0.717, 1.165) is 16.7 Å². The maximum absolute atomic E-state index is 15.4. The fourth-order valence-corrected chi connectivity index (χ4v) is 9.81. The zero-order valence-corrected chi connectivity index (χ0v) is 34.3. The van der Waals surface area contributed by atoms with E-state index in [9.17, 15) is 14.7 Å². The van der Waals surface area contributed by atoms with E-state index >= 15 is 9.59 Å². The molecule has 11 nitrogen and oxygen atoms in total. The Bertz CT molecular complexity index is 1940. The van der Waals surface area contributed by atoms with Gasteiger partial charge in [-0.2, -0.15) is 0 Å². The van der Waals surface area contributed by atoms with Gasteiger partial charge in [-0.3, -0.25) is 19.2 Å². The molecule has 57 heavy (non-hydrogen) atoms. The Balaban J connectivity index is 1.43. The van der Waals surface area contributed by atoms with Crippen molar-refractivity contribution in [3.8, 4) is 0 Å². The number of hydrogen-bond acceptors (Lipinski definition) is 8. The highest BCUT2D eigenvalue weighted by Crippen LogP contribution is 2.61. The lowest BCUT2D eigenvalue weighted by Crippen LogP contribution is -2.59. The quantitative estimate of drug-likeness (QED) is 0.0968. The average molecular weight is 843 g/mol. The highest BCUT2D eigenvalue weighted by atomic mass is 79.9. The molecule has 3 aromatic carbocycles. The Kier molecular flexibility index (Phi) is 13.5. The third-order valence-electron chi connectivity index (χ3n) is 11.4. The third kappa shape index (κ3) is 8.37. The largest absolute Gasteiger partial charge is 0.455 e. The van der Waals surface area contributed by atoms with Gasteiger partial charge < -0.3 is 34.4 Å². The van der Waals surface area contributed by atoms with Gasteiger partial charge in [-0.15, -0.1) is 13.2 Å². The minimum Gasteiger partial charge on any atom is -0.455 e. The molecule has 3 aliphatic rings. The van der Waals surface area contributed by atoms with E-state index in [1.807, 2.05) is 80.6 Å². The molecule has 3 heterocycles. The van der Waals surface area contributed by atoms with E-state index in [2.05, 4.69) is 34.4 Å². The molecule has 3 fully saturated rings. The van der Waals surface area contributed by atoms with E-state index in [-0.39, 0.29) is 38.3 Å². The number of hydrogen-bond donors (Lipinski definition) is 2. The number of carbonyl (C=O) groups excluding carboxylic acids is 4. The number of allylic oxidation sites excluding steroid dienone is 1. The maximum atomic E-state index is 15.4. The van der Waals surface area contributed by atoms with Crippen LogP contribution in [-0.4, -0.2) is 95.2 Å². The van der Waals surface area contributed by atoms with Crippen molar-refractivity contribution in [2.24, 2.45) is 11.8 Å². The van der Waals surface area contributed by atoms with Crippen LogP contribution < -0.4 is 10.2 Å². The minimum atomic E-state index is -1.44. The smallest absolute Gasteiger partial charge is 0.313 e. The van der Waals surface area contributed by atoms with Gasteiger partial charge in [0.1, 0.15) is 17.7 Å². The summed E-state index contributed by atoms with van der Waals surface area (Å²) in [6, 6.07) is 21.6. The number of amides is 3. The number of methoxy groups -OCH3 is 1. The lowest BCUT2D eigenvalue weighted by atomic mass is 9.70. The molecule has 1 spiro atoms.